The van der Waals surface area contributed by atoms with Gasteiger partial charge in [0.2, 0.25) is 0 Å². The van der Waals surface area contributed by atoms with Crippen molar-refractivity contribution in [1.29, 1.82) is 0 Å². The van der Waals surface area contributed by atoms with Crippen LogP contribution in [-0.4, -0.2) is 10.1 Å². The van der Waals surface area contributed by atoms with Gasteiger partial charge in [-0.3, -0.25) is 0 Å². The minimum Gasteiger partial charge on any atom is -0.361 e. The largest absolute Gasteiger partial charge is 0.361 e. The zero-order valence-electron chi connectivity index (χ0n) is 10.5. The highest BCUT2D eigenvalue weighted by Gasteiger charge is 2.11. The molecule has 4 nitrogen and oxygen atoms in total. The average Bonchev–Trinajstić information content (AvgIpc) is 3.07. The second-order valence-electron chi connectivity index (χ2n) is 4.23. The van der Waals surface area contributed by atoms with Gasteiger partial charge in [0.25, 0.3) is 0 Å². The van der Waals surface area contributed by atoms with Crippen LogP contribution in [0.4, 0.5) is 0 Å². The molecule has 0 saturated heterocycles. The molecule has 0 aliphatic rings. The van der Waals surface area contributed by atoms with Crippen LogP contribution >= 0.6 is 11.3 Å². The zero-order valence-corrected chi connectivity index (χ0v) is 11.3. The minimum absolute atomic E-state index is 0.539. The van der Waals surface area contributed by atoms with E-state index in [-0.39, 0.29) is 0 Å². The van der Waals surface area contributed by atoms with Gasteiger partial charge in [-0.25, -0.2) is 4.98 Å². The normalized spacial score (nSPS) is 10.8. The summed E-state index contributed by atoms with van der Waals surface area (Å²) in [5, 5.41) is 4.77. The van der Waals surface area contributed by atoms with Crippen molar-refractivity contribution in [2.75, 3.05) is 0 Å². The first-order chi connectivity index (χ1) is 9.28. The number of hydrogen-bond donors (Lipinski definition) is 1. The van der Waals surface area contributed by atoms with Crippen molar-refractivity contribution in [2.24, 2.45) is 5.73 Å². The molecule has 0 unspecified atom stereocenters. The van der Waals surface area contributed by atoms with Crippen molar-refractivity contribution in [3.05, 3.63) is 48.0 Å². The maximum atomic E-state index is 5.66. The fourth-order valence-electron chi connectivity index (χ4n) is 1.90. The Morgan fingerprint density at radius 2 is 2.21 bits per heavy atom. The van der Waals surface area contributed by atoms with E-state index in [1.807, 2.05) is 31.3 Å². The summed E-state index contributed by atoms with van der Waals surface area (Å²) in [5.41, 5.74) is 8.86. The Bertz CT molecular complexity index is 702. The van der Waals surface area contributed by atoms with Crippen molar-refractivity contribution in [1.82, 2.24) is 10.1 Å². The highest BCUT2D eigenvalue weighted by Crippen LogP contribution is 2.33. The molecule has 0 aliphatic heterocycles. The van der Waals surface area contributed by atoms with Gasteiger partial charge in [-0.05, 0) is 18.6 Å². The Balaban J connectivity index is 1.99. The number of aromatic nitrogens is 2. The van der Waals surface area contributed by atoms with E-state index in [9.17, 15) is 0 Å². The van der Waals surface area contributed by atoms with E-state index in [1.165, 1.54) is 0 Å². The van der Waals surface area contributed by atoms with E-state index in [0.29, 0.717) is 6.54 Å². The Morgan fingerprint density at radius 3 is 2.95 bits per heavy atom. The van der Waals surface area contributed by atoms with Crippen LogP contribution in [0, 0.1) is 6.92 Å². The van der Waals surface area contributed by atoms with Crippen LogP contribution in [0.25, 0.3) is 21.0 Å². The Hall–Kier alpha value is -1.98. The number of aryl methyl sites for hydroxylation is 1. The van der Waals surface area contributed by atoms with Crippen molar-refractivity contribution in [2.45, 2.75) is 13.5 Å². The lowest BCUT2D eigenvalue weighted by Gasteiger charge is -1.99. The lowest BCUT2D eigenvalue weighted by molar-refractivity contribution is 0.398. The zero-order chi connectivity index (χ0) is 13.2. The van der Waals surface area contributed by atoms with Gasteiger partial charge in [0.05, 0.1) is 16.6 Å². The van der Waals surface area contributed by atoms with Gasteiger partial charge in [0.1, 0.15) is 10.8 Å². The van der Waals surface area contributed by atoms with E-state index in [2.05, 4.69) is 16.2 Å². The Kier molecular flexibility index (Phi) is 3.15. The lowest BCUT2D eigenvalue weighted by Crippen LogP contribution is -1.95. The molecule has 0 fully saturated rings. The fourth-order valence-corrected chi connectivity index (χ4v) is 2.87. The van der Waals surface area contributed by atoms with Gasteiger partial charge in [-0.1, -0.05) is 23.4 Å². The monoisotopic (exact) mass is 271 g/mol. The number of rotatable bonds is 3. The molecule has 0 atom stereocenters. The van der Waals surface area contributed by atoms with Gasteiger partial charge in [-0.2, -0.15) is 0 Å². The Labute approximate surface area is 114 Å². The van der Waals surface area contributed by atoms with E-state index in [4.69, 9.17) is 10.3 Å². The maximum Gasteiger partial charge on any atom is 0.142 e. The first kappa shape index (κ1) is 12.1. The van der Waals surface area contributed by atoms with Crippen molar-refractivity contribution < 1.29 is 4.52 Å². The second kappa shape index (κ2) is 4.95. The summed E-state index contributed by atoms with van der Waals surface area (Å²) in [7, 11) is 0. The summed E-state index contributed by atoms with van der Waals surface area (Å²) in [5.74, 6) is 0.811. The number of hydrogen-bond acceptors (Lipinski definition) is 5. The van der Waals surface area contributed by atoms with E-state index < -0.39 is 0 Å². The van der Waals surface area contributed by atoms with Crippen LogP contribution in [0.2, 0.25) is 0 Å². The molecule has 19 heavy (non-hydrogen) atoms. The molecule has 0 bridgehead atoms. The SMILES string of the molecule is Cc1oncc1-c1cnc(-c2cccc(CN)c2)s1. The van der Waals surface area contributed by atoms with Crippen LogP contribution in [0.1, 0.15) is 11.3 Å². The van der Waals surface area contributed by atoms with Crippen LogP contribution in [0.15, 0.2) is 41.2 Å². The summed E-state index contributed by atoms with van der Waals surface area (Å²) in [6.07, 6.45) is 3.58. The Morgan fingerprint density at radius 1 is 1.32 bits per heavy atom. The predicted octanol–water partition coefficient (Wildman–Crippen LogP) is 3.23. The summed E-state index contributed by atoms with van der Waals surface area (Å²) < 4.78 is 5.08. The van der Waals surface area contributed by atoms with E-state index >= 15 is 0 Å². The van der Waals surface area contributed by atoms with Gasteiger partial charge in [0.15, 0.2) is 0 Å². The van der Waals surface area contributed by atoms with E-state index in [1.54, 1.807) is 17.5 Å². The molecule has 2 heterocycles. The number of thiazole rings is 1. The molecule has 0 spiro atoms. The van der Waals surface area contributed by atoms with Crippen molar-refractivity contribution in [3.8, 4) is 21.0 Å². The third-order valence-electron chi connectivity index (χ3n) is 2.93. The van der Waals surface area contributed by atoms with Gasteiger partial charge in [-0.15, -0.1) is 11.3 Å². The number of benzene rings is 1. The standard InChI is InChI=1S/C14H13N3OS/c1-9-12(7-17-18-9)13-8-16-14(19-13)11-4-2-3-10(5-11)6-15/h2-5,7-8H,6,15H2,1H3. The molecular formula is C14H13N3OS. The van der Waals surface area contributed by atoms with E-state index in [0.717, 1.165) is 32.3 Å². The van der Waals surface area contributed by atoms with Crippen LogP contribution in [-0.2, 0) is 6.54 Å². The number of nitrogens with zero attached hydrogens (tertiary/aromatic N) is 2. The van der Waals surface area contributed by atoms with Crippen molar-refractivity contribution >= 4 is 11.3 Å². The predicted molar refractivity (Wildman–Crippen MR) is 75.7 cm³/mol. The molecule has 2 N–H and O–H groups in total. The van der Waals surface area contributed by atoms with Crippen LogP contribution < -0.4 is 5.73 Å². The summed E-state index contributed by atoms with van der Waals surface area (Å²) in [6, 6.07) is 8.14. The smallest absolute Gasteiger partial charge is 0.142 e. The second-order valence-corrected chi connectivity index (χ2v) is 5.26. The highest BCUT2D eigenvalue weighted by atomic mass is 32.1. The molecule has 2 aromatic heterocycles. The third-order valence-corrected chi connectivity index (χ3v) is 4.01. The maximum absolute atomic E-state index is 5.66. The average molecular weight is 271 g/mol. The molecule has 0 amide bonds. The third kappa shape index (κ3) is 2.30. The fraction of sp³-hybridized carbons (Fsp3) is 0.143. The number of nitrogens with two attached hydrogens (primary N) is 1. The summed E-state index contributed by atoms with van der Waals surface area (Å²) in [6.45, 7) is 2.44. The first-order valence-corrected chi connectivity index (χ1v) is 6.76. The molecule has 5 heteroatoms. The summed E-state index contributed by atoms with van der Waals surface area (Å²) in [4.78, 5) is 5.53. The molecule has 3 aromatic rings. The molecule has 96 valence electrons. The van der Waals surface area contributed by atoms with Gasteiger partial charge >= 0.3 is 0 Å². The summed E-state index contributed by atoms with van der Waals surface area (Å²) >= 11 is 1.63. The highest BCUT2D eigenvalue weighted by molar-refractivity contribution is 7.18. The molecule has 0 radical (unpaired) electrons. The molecular weight excluding hydrogens is 258 g/mol. The van der Waals surface area contributed by atoms with Crippen LogP contribution in [0.3, 0.4) is 0 Å². The minimum atomic E-state index is 0.539. The van der Waals surface area contributed by atoms with Crippen LogP contribution in [0.5, 0.6) is 0 Å². The molecule has 0 saturated carbocycles. The van der Waals surface area contributed by atoms with Gasteiger partial charge in [0, 0.05) is 18.3 Å². The quantitative estimate of drug-likeness (QED) is 0.794. The van der Waals surface area contributed by atoms with Gasteiger partial charge < -0.3 is 10.3 Å². The topological polar surface area (TPSA) is 64.9 Å². The lowest BCUT2D eigenvalue weighted by atomic mass is 10.1. The molecule has 0 aliphatic carbocycles. The van der Waals surface area contributed by atoms with Crippen molar-refractivity contribution in [3.63, 3.8) is 0 Å². The first-order valence-electron chi connectivity index (χ1n) is 5.95. The molecule has 3 rings (SSSR count). The molecule has 1 aromatic carbocycles.